The molecule has 0 aliphatic heterocycles. The van der Waals surface area contributed by atoms with Crippen LogP contribution in [0.15, 0.2) is 30.9 Å². The van der Waals surface area contributed by atoms with Gasteiger partial charge in [-0.25, -0.2) is 0 Å². The Balaban J connectivity index is 2.90. The summed E-state index contributed by atoms with van der Waals surface area (Å²) in [6.45, 7) is 3.43. The number of halogens is 3. The second-order valence-corrected chi connectivity index (χ2v) is 4.51. The number of hydrogen-bond donors (Lipinski definition) is 1. The third kappa shape index (κ3) is 5.36. The molecule has 0 unspecified atom stereocenters. The van der Waals surface area contributed by atoms with Crippen molar-refractivity contribution in [1.29, 1.82) is 0 Å². The average molecular weight is 329 g/mol. The van der Waals surface area contributed by atoms with E-state index in [1.54, 1.807) is 30.4 Å². The lowest BCUT2D eigenvalue weighted by Gasteiger charge is -2.14. The molecule has 0 aromatic heterocycles. The highest BCUT2D eigenvalue weighted by Gasteiger charge is 2.38. The summed E-state index contributed by atoms with van der Waals surface area (Å²) >= 11 is 0. The number of carbonyl (C=O) groups is 1. The van der Waals surface area contributed by atoms with Gasteiger partial charge in [0.25, 0.3) is 0 Å². The van der Waals surface area contributed by atoms with E-state index in [4.69, 9.17) is 9.47 Å². The maximum absolute atomic E-state index is 12.1. The van der Waals surface area contributed by atoms with Crippen molar-refractivity contribution in [3.05, 3.63) is 42.0 Å². The standard InChI is InChI=1S/C16H18F3NO3/c1-4-5-6-12-13(22-2)9-11(10-14(12)23-3)7-8-20-15(21)16(17,18)19/h4-6,9-10H,1,7-8H2,2-3H3,(H,20,21)/b6-5-. The van der Waals surface area contributed by atoms with Crippen LogP contribution in [0, 0.1) is 0 Å². The van der Waals surface area contributed by atoms with Crippen molar-refractivity contribution in [2.24, 2.45) is 0 Å². The Hall–Kier alpha value is -2.44. The van der Waals surface area contributed by atoms with Crippen LogP contribution in [0.5, 0.6) is 11.5 Å². The first-order valence-corrected chi connectivity index (χ1v) is 6.72. The average Bonchev–Trinajstić information content (AvgIpc) is 2.51. The first-order chi connectivity index (χ1) is 10.8. The Kier molecular flexibility index (Phi) is 6.68. The highest BCUT2D eigenvalue weighted by atomic mass is 19.4. The number of methoxy groups -OCH3 is 2. The second-order valence-electron chi connectivity index (χ2n) is 4.51. The Bertz CT molecular complexity index is 570. The largest absolute Gasteiger partial charge is 0.496 e. The summed E-state index contributed by atoms with van der Waals surface area (Å²) in [7, 11) is 2.96. The Morgan fingerprint density at radius 2 is 1.83 bits per heavy atom. The normalized spacial score (nSPS) is 11.3. The molecule has 0 spiro atoms. The SMILES string of the molecule is C=C/C=C\c1c(OC)cc(CCNC(=O)C(F)(F)F)cc1OC. The number of benzene rings is 1. The molecule has 0 aliphatic carbocycles. The van der Waals surface area contributed by atoms with E-state index in [1.165, 1.54) is 14.2 Å². The number of hydrogen-bond acceptors (Lipinski definition) is 3. The molecule has 1 aromatic rings. The van der Waals surface area contributed by atoms with Crippen molar-refractivity contribution < 1.29 is 27.4 Å². The number of allylic oxidation sites excluding steroid dienone is 2. The van der Waals surface area contributed by atoms with Crippen molar-refractivity contribution in [3.63, 3.8) is 0 Å². The highest BCUT2D eigenvalue weighted by molar-refractivity contribution is 5.81. The molecule has 0 aliphatic rings. The summed E-state index contributed by atoms with van der Waals surface area (Å²) in [5, 5.41) is 1.82. The van der Waals surface area contributed by atoms with Gasteiger partial charge in [-0.2, -0.15) is 13.2 Å². The molecule has 1 amide bonds. The zero-order chi connectivity index (χ0) is 17.5. The van der Waals surface area contributed by atoms with E-state index in [2.05, 4.69) is 6.58 Å². The summed E-state index contributed by atoms with van der Waals surface area (Å²) in [5.41, 5.74) is 1.37. The van der Waals surface area contributed by atoms with Crippen LogP contribution in [-0.4, -0.2) is 32.8 Å². The molecule has 1 rings (SSSR count). The van der Waals surface area contributed by atoms with Crippen LogP contribution in [0.4, 0.5) is 13.2 Å². The van der Waals surface area contributed by atoms with E-state index in [0.717, 1.165) is 0 Å². The number of ether oxygens (including phenoxy) is 2. The summed E-state index contributed by atoms with van der Waals surface area (Å²) in [4.78, 5) is 10.8. The topological polar surface area (TPSA) is 47.6 Å². The highest BCUT2D eigenvalue weighted by Crippen LogP contribution is 2.32. The van der Waals surface area contributed by atoms with Gasteiger partial charge in [0, 0.05) is 6.54 Å². The van der Waals surface area contributed by atoms with Gasteiger partial charge < -0.3 is 14.8 Å². The van der Waals surface area contributed by atoms with E-state index in [9.17, 15) is 18.0 Å². The number of rotatable bonds is 7. The molecule has 4 nitrogen and oxygen atoms in total. The minimum atomic E-state index is -4.88. The minimum Gasteiger partial charge on any atom is -0.496 e. The van der Waals surface area contributed by atoms with Crippen LogP contribution in [0.25, 0.3) is 6.08 Å². The molecule has 23 heavy (non-hydrogen) atoms. The maximum Gasteiger partial charge on any atom is 0.471 e. The van der Waals surface area contributed by atoms with Crippen molar-refractivity contribution in [2.45, 2.75) is 12.6 Å². The zero-order valence-corrected chi connectivity index (χ0v) is 12.9. The van der Waals surface area contributed by atoms with Crippen molar-refractivity contribution >= 4 is 12.0 Å². The van der Waals surface area contributed by atoms with E-state index < -0.39 is 12.1 Å². The van der Waals surface area contributed by atoms with Gasteiger partial charge in [0.15, 0.2) is 0 Å². The maximum atomic E-state index is 12.1. The molecule has 0 heterocycles. The van der Waals surface area contributed by atoms with E-state index >= 15 is 0 Å². The molecule has 0 bridgehead atoms. The molecule has 7 heteroatoms. The number of alkyl halides is 3. The van der Waals surface area contributed by atoms with E-state index in [-0.39, 0.29) is 13.0 Å². The molecule has 0 saturated carbocycles. The minimum absolute atomic E-state index is 0.146. The van der Waals surface area contributed by atoms with Gasteiger partial charge in [-0.15, -0.1) is 0 Å². The third-order valence-electron chi connectivity index (χ3n) is 2.96. The number of carbonyl (C=O) groups excluding carboxylic acids is 1. The molecule has 126 valence electrons. The zero-order valence-electron chi connectivity index (χ0n) is 12.9. The first-order valence-electron chi connectivity index (χ1n) is 6.72. The smallest absolute Gasteiger partial charge is 0.471 e. The van der Waals surface area contributed by atoms with Crippen LogP contribution in [0.2, 0.25) is 0 Å². The van der Waals surface area contributed by atoms with Crippen molar-refractivity contribution in [3.8, 4) is 11.5 Å². The van der Waals surface area contributed by atoms with Gasteiger partial charge in [0.1, 0.15) is 11.5 Å². The third-order valence-corrected chi connectivity index (χ3v) is 2.96. The van der Waals surface area contributed by atoms with Gasteiger partial charge in [0.05, 0.1) is 19.8 Å². The first kappa shape index (κ1) is 18.6. The fourth-order valence-electron chi connectivity index (χ4n) is 1.89. The van der Waals surface area contributed by atoms with Crippen LogP contribution < -0.4 is 14.8 Å². The van der Waals surface area contributed by atoms with Crippen LogP contribution in [0.3, 0.4) is 0 Å². The molecule has 1 aromatic carbocycles. The summed E-state index contributed by atoms with van der Waals surface area (Å²) in [6.07, 6.45) is 0.387. The monoisotopic (exact) mass is 329 g/mol. The molecular formula is C16H18F3NO3. The number of nitrogens with one attached hydrogen (secondary N) is 1. The molecule has 0 saturated heterocycles. The van der Waals surface area contributed by atoms with Crippen LogP contribution in [0.1, 0.15) is 11.1 Å². The lowest BCUT2D eigenvalue weighted by atomic mass is 10.1. The van der Waals surface area contributed by atoms with Crippen molar-refractivity contribution in [1.82, 2.24) is 5.32 Å². The Labute approximate surface area is 132 Å². The van der Waals surface area contributed by atoms with Gasteiger partial charge >= 0.3 is 12.1 Å². The van der Waals surface area contributed by atoms with Crippen molar-refractivity contribution in [2.75, 3.05) is 20.8 Å². The van der Waals surface area contributed by atoms with E-state index in [1.807, 2.05) is 5.32 Å². The predicted molar refractivity (Wildman–Crippen MR) is 81.5 cm³/mol. The molecule has 0 radical (unpaired) electrons. The molecule has 1 N–H and O–H groups in total. The van der Waals surface area contributed by atoms with Gasteiger partial charge in [-0.05, 0) is 30.2 Å². The lowest BCUT2D eigenvalue weighted by molar-refractivity contribution is -0.173. The number of amides is 1. The van der Waals surface area contributed by atoms with Crippen LogP contribution in [-0.2, 0) is 11.2 Å². The van der Waals surface area contributed by atoms with Gasteiger partial charge in [0.2, 0.25) is 0 Å². The summed E-state index contributed by atoms with van der Waals surface area (Å²) in [5.74, 6) is -0.929. The van der Waals surface area contributed by atoms with Gasteiger partial charge in [-0.1, -0.05) is 18.7 Å². The molecule has 0 fully saturated rings. The Morgan fingerprint density at radius 1 is 1.26 bits per heavy atom. The predicted octanol–water partition coefficient (Wildman–Crippen LogP) is 3.12. The van der Waals surface area contributed by atoms with E-state index in [0.29, 0.717) is 22.6 Å². The van der Waals surface area contributed by atoms with Gasteiger partial charge in [-0.3, -0.25) is 4.79 Å². The fourth-order valence-corrected chi connectivity index (χ4v) is 1.89. The fraction of sp³-hybridized carbons (Fsp3) is 0.312. The van der Waals surface area contributed by atoms with Crippen LogP contribution >= 0.6 is 0 Å². The summed E-state index contributed by atoms with van der Waals surface area (Å²) < 4.78 is 46.9. The molecular weight excluding hydrogens is 311 g/mol. The summed E-state index contributed by atoms with van der Waals surface area (Å²) in [6, 6.07) is 3.37. The lowest BCUT2D eigenvalue weighted by Crippen LogP contribution is -2.37. The second kappa shape index (κ2) is 8.26. The quantitative estimate of drug-likeness (QED) is 0.782. The Morgan fingerprint density at radius 3 is 2.26 bits per heavy atom. The molecule has 0 atom stereocenters.